The molecule has 0 aliphatic heterocycles. The van der Waals surface area contributed by atoms with Crippen molar-refractivity contribution < 1.29 is 20.1 Å². The molecule has 3 aliphatic carbocycles. The lowest BCUT2D eigenvalue weighted by Gasteiger charge is -2.49. The van der Waals surface area contributed by atoms with Crippen LogP contribution in [0.3, 0.4) is 0 Å². The number of rotatable bonds is 6. The van der Waals surface area contributed by atoms with Crippen LogP contribution < -0.4 is 0 Å². The van der Waals surface area contributed by atoms with E-state index < -0.39 is 0 Å². The molecule has 0 radical (unpaired) electrons. The Labute approximate surface area is 193 Å². The minimum atomic E-state index is -0.333. The SMILES string of the molecule is CCC1([C@@H]2CC(C)[C@@H](CC=C(C)C)C(C(=O)C3=C(O)C=C(O)CC=C3O)C2)CC=CCC1. The lowest BCUT2D eigenvalue weighted by molar-refractivity contribution is -0.125. The molecule has 0 aromatic rings. The zero-order chi connectivity index (χ0) is 23.5. The van der Waals surface area contributed by atoms with E-state index in [9.17, 15) is 20.1 Å². The minimum absolute atomic E-state index is 0.0387. The Kier molecular flexibility index (Phi) is 7.74. The van der Waals surface area contributed by atoms with Crippen LogP contribution in [0.15, 0.2) is 58.8 Å². The summed E-state index contributed by atoms with van der Waals surface area (Å²) in [6, 6.07) is 0. The van der Waals surface area contributed by atoms with E-state index in [2.05, 4.69) is 45.9 Å². The Balaban J connectivity index is 2.00. The van der Waals surface area contributed by atoms with E-state index in [4.69, 9.17) is 0 Å². The summed E-state index contributed by atoms with van der Waals surface area (Å²) >= 11 is 0. The molecule has 3 unspecified atom stereocenters. The number of carbonyl (C=O) groups excluding carboxylic acids is 1. The Bertz CT molecular complexity index is 868. The van der Waals surface area contributed by atoms with E-state index in [-0.39, 0.29) is 52.3 Å². The average Bonchev–Trinajstić information content (AvgIpc) is 2.89. The predicted octanol–water partition coefficient (Wildman–Crippen LogP) is 7.43. The predicted molar refractivity (Wildman–Crippen MR) is 129 cm³/mol. The number of hydrogen-bond donors (Lipinski definition) is 3. The molecular formula is C28H40O4. The number of aliphatic hydroxyl groups is 3. The number of allylic oxidation sites excluding steroid dienone is 7. The van der Waals surface area contributed by atoms with Crippen LogP contribution in [0, 0.1) is 29.1 Å². The second-order valence-corrected chi connectivity index (χ2v) is 10.4. The molecule has 0 aromatic heterocycles. The first-order valence-corrected chi connectivity index (χ1v) is 12.2. The Hall–Kier alpha value is -2.23. The van der Waals surface area contributed by atoms with Gasteiger partial charge in [-0.1, -0.05) is 37.6 Å². The van der Waals surface area contributed by atoms with Gasteiger partial charge in [0.15, 0.2) is 5.78 Å². The van der Waals surface area contributed by atoms with E-state index in [0.29, 0.717) is 11.8 Å². The van der Waals surface area contributed by atoms with Crippen LogP contribution in [-0.2, 0) is 4.79 Å². The van der Waals surface area contributed by atoms with Crippen LogP contribution in [0.2, 0.25) is 0 Å². The van der Waals surface area contributed by atoms with Gasteiger partial charge in [0.25, 0.3) is 0 Å². The van der Waals surface area contributed by atoms with Gasteiger partial charge in [-0.2, -0.15) is 0 Å². The number of ketones is 1. The molecule has 3 N–H and O–H groups in total. The third-order valence-corrected chi connectivity index (χ3v) is 8.21. The van der Waals surface area contributed by atoms with Crippen molar-refractivity contribution in [3.8, 4) is 0 Å². The van der Waals surface area contributed by atoms with Gasteiger partial charge >= 0.3 is 0 Å². The number of aliphatic hydroxyl groups excluding tert-OH is 3. The molecule has 0 bridgehead atoms. The van der Waals surface area contributed by atoms with Crippen molar-refractivity contribution in [2.45, 2.75) is 79.1 Å². The molecule has 5 atom stereocenters. The third-order valence-electron chi connectivity index (χ3n) is 8.21. The second-order valence-electron chi connectivity index (χ2n) is 10.4. The summed E-state index contributed by atoms with van der Waals surface area (Å²) < 4.78 is 0. The topological polar surface area (TPSA) is 77.8 Å². The highest BCUT2D eigenvalue weighted by Crippen LogP contribution is 2.54. The monoisotopic (exact) mass is 440 g/mol. The molecule has 0 heterocycles. The molecule has 176 valence electrons. The summed E-state index contributed by atoms with van der Waals surface area (Å²) in [6.07, 6.45) is 16.6. The molecule has 4 nitrogen and oxygen atoms in total. The first-order valence-electron chi connectivity index (χ1n) is 12.2. The van der Waals surface area contributed by atoms with Crippen molar-refractivity contribution in [1.82, 2.24) is 0 Å². The van der Waals surface area contributed by atoms with Crippen molar-refractivity contribution in [1.29, 1.82) is 0 Å². The van der Waals surface area contributed by atoms with Gasteiger partial charge in [-0.15, -0.1) is 0 Å². The maximum absolute atomic E-state index is 13.9. The molecular weight excluding hydrogens is 400 g/mol. The Morgan fingerprint density at radius 2 is 1.94 bits per heavy atom. The van der Waals surface area contributed by atoms with Gasteiger partial charge in [-0.3, -0.25) is 4.79 Å². The lowest BCUT2D eigenvalue weighted by atomic mass is 9.55. The Morgan fingerprint density at radius 3 is 2.56 bits per heavy atom. The van der Waals surface area contributed by atoms with Crippen LogP contribution in [0.25, 0.3) is 0 Å². The second kappa shape index (κ2) is 10.1. The molecule has 1 saturated carbocycles. The van der Waals surface area contributed by atoms with Crippen molar-refractivity contribution in [2.75, 3.05) is 0 Å². The molecule has 32 heavy (non-hydrogen) atoms. The summed E-state index contributed by atoms with van der Waals surface area (Å²) in [5.41, 5.74) is 1.42. The van der Waals surface area contributed by atoms with Gasteiger partial charge in [0.05, 0.1) is 5.76 Å². The summed E-state index contributed by atoms with van der Waals surface area (Å²) in [6.45, 7) is 8.70. The summed E-state index contributed by atoms with van der Waals surface area (Å²) in [5.74, 6) is -0.111. The molecule has 4 heteroatoms. The zero-order valence-corrected chi connectivity index (χ0v) is 20.1. The van der Waals surface area contributed by atoms with Crippen molar-refractivity contribution in [3.05, 3.63) is 58.8 Å². The van der Waals surface area contributed by atoms with Gasteiger partial charge in [0.1, 0.15) is 17.1 Å². The molecule has 3 aliphatic rings. The van der Waals surface area contributed by atoms with Crippen molar-refractivity contribution in [2.24, 2.45) is 29.1 Å². The normalized spacial score (nSPS) is 33.2. The van der Waals surface area contributed by atoms with E-state index in [1.165, 1.54) is 17.7 Å². The quantitative estimate of drug-likeness (QED) is 0.375. The maximum Gasteiger partial charge on any atom is 0.173 e. The van der Waals surface area contributed by atoms with Crippen LogP contribution >= 0.6 is 0 Å². The van der Waals surface area contributed by atoms with Gasteiger partial charge in [0, 0.05) is 18.4 Å². The molecule has 1 fully saturated rings. The first-order chi connectivity index (χ1) is 15.2. The first kappa shape index (κ1) is 24.4. The summed E-state index contributed by atoms with van der Waals surface area (Å²) in [7, 11) is 0. The number of hydrogen-bond acceptors (Lipinski definition) is 4. The highest BCUT2D eigenvalue weighted by molar-refractivity contribution is 6.01. The number of carbonyl (C=O) groups is 1. The highest BCUT2D eigenvalue weighted by Gasteiger charge is 2.47. The molecule has 0 spiro atoms. The van der Waals surface area contributed by atoms with Crippen LogP contribution in [0.4, 0.5) is 0 Å². The van der Waals surface area contributed by atoms with Gasteiger partial charge in [-0.05, 0) is 88.0 Å². The third kappa shape index (κ3) is 5.05. The smallest absolute Gasteiger partial charge is 0.173 e. The summed E-state index contributed by atoms with van der Waals surface area (Å²) in [5, 5.41) is 31.0. The summed E-state index contributed by atoms with van der Waals surface area (Å²) in [4.78, 5) is 13.9. The van der Waals surface area contributed by atoms with Crippen molar-refractivity contribution >= 4 is 5.78 Å². The van der Waals surface area contributed by atoms with Crippen LogP contribution in [0.5, 0.6) is 0 Å². The van der Waals surface area contributed by atoms with Gasteiger partial charge in [0.2, 0.25) is 0 Å². The van der Waals surface area contributed by atoms with E-state index in [0.717, 1.165) is 44.9 Å². The average molecular weight is 441 g/mol. The van der Waals surface area contributed by atoms with Gasteiger partial charge in [-0.25, -0.2) is 0 Å². The maximum atomic E-state index is 13.9. The zero-order valence-electron chi connectivity index (χ0n) is 20.1. The molecule has 0 saturated heterocycles. The molecule has 3 rings (SSSR count). The molecule has 0 amide bonds. The number of Topliss-reactive ketones (excluding diaryl/α,β-unsaturated/α-hetero) is 1. The fourth-order valence-electron chi connectivity index (χ4n) is 6.22. The lowest BCUT2D eigenvalue weighted by Crippen LogP contribution is -2.43. The van der Waals surface area contributed by atoms with Crippen LogP contribution in [-0.4, -0.2) is 21.1 Å². The fourth-order valence-corrected chi connectivity index (χ4v) is 6.22. The van der Waals surface area contributed by atoms with Crippen molar-refractivity contribution in [3.63, 3.8) is 0 Å². The minimum Gasteiger partial charge on any atom is -0.512 e. The Morgan fingerprint density at radius 1 is 1.19 bits per heavy atom. The van der Waals surface area contributed by atoms with Gasteiger partial charge < -0.3 is 15.3 Å². The molecule has 0 aromatic carbocycles. The van der Waals surface area contributed by atoms with E-state index in [1.54, 1.807) is 0 Å². The standard InChI is InChI=1S/C28H40O4/c1-5-28(13-7-6-8-14-28)20-15-19(4)22(11-9-18(2)3)23(16-20)27(32)26-24(30)12-10-21(29)17-25(26)31/h6-7,9,12,17,19-20,22-23,29-31H,5,8,10-11,13-16H2,1-4H3/t19?,20-,22-,23?,28?/m1/s1. The van der Waals surface area contributed by atoms with Crippen LogP contribution in [0.1, 0.15) is 79.1 Å². The van der Waals surface area contributed by atoms with E-state index >= 15 is 0 Å². The fraction of sp³-hybridized carbons (Fsp3) is 0.607. The highest BCUT2D eigenvalue weighted by atomic mass is 16.3. The largest absolute Gasteiger partial charge is 0.512 e. The van der Waals surface area contributed by atoms with E-state index in [1.807, 2.05) is 0 Å².